The van der Waals surface area contributed by atoms with Gasteiger partial charge in [-0.3, -0.25) is 14.4 Å². The van der Waals surface area contributed by atoms with Crippen molar-refractivity contribution in [3.63, 3.8) is 0 Å². The number of piperazine rings is 1. The molecule has 2 aromatic rings. The largest absolute Gasteiger partial charge is 0.507 e. The summed E-state index contributed by atoms with van der Waals surface area (Å²) in [6.07, 6.45) is 0.157. The zero-order chi connectivity index (χ0) is 22.2. The van der Waals surface area contributed by atoms with Crippen molar-refractivity contribution in [2.45, 2.75) is 6.42 Å². The summed E-state index contributed by atoms with van der Waals surface area (Å²) < 4.78 is 10.7. The Labute approximate surface area is 184 Å². The van der Waals surface area contributed by atoms with E-state index in [1.807, 2.05) is 0 Å². The highest BCUT2D eigenvalue weighted by atomic mass is 16.7. The number of benzene rings is 2. The van der Waals surface area contributed by atoms with E-state index in [1.165, 1.54) is 6.07 Å². The molecule has 3 heterocycles. The fraction of sp³-hybridized carbons (Fsp3) is 0.348. The minimum absolute atomic E-state index is 0.0518. The van der Waals surface area contributed by atoms with Gasteiger partial charge in [0.1, 0.15) is 5.75 Å². The Kier molecular flexibility index (Phi) is 5.08. The number of ether oxygens (including phenoxy) is 2. The molecule has 2 fully saturated rings. The number of aromatic hydroxyl groups is 1. The molecule has 1 unspecified atom stereocenters. The lowest BCUT2D eigenvalue weighted by atomic mass is 10.1. The van der Waals surface area contributed by atoms with E-state index in [0.29, 0.717) is 49.9 Å². The molecule has 5 rings (SSSR count). The molecule has 0 saturated carbocycles. The van der Waals surface area contributed by atoms with Crippen molar-refractivity contribution >= 4 is 23.4 Å². The zero-order valence-corrected chi connectivity index (χ0v) is 17.4. The van der Waals surface area contributed by atoms with Gasteiger partial charge >= 0.3 is 0 Å². The van der Waals surface area contributed by atoms with Crippen LogP contribution in [0.5, 0.6) is 17.2 Å². The SMILES string of the molecule is O=C(c1ccccc1O)N1CCN(C(=O)C2CC(=O)N(c3ccc4c(c3)OCO4)C2)CC1. The number of phenols is 1. The number of hydrogen-bond acceptors (Lipinski definition) is 6. The first-order chi connectivity index (χ1) is 15.5. The lowest BCUT2D eigenvalue weighted by Gasteiger charge is -2.36. The van der Waals surface area contributed by atoms with Crippen molar-refractivity contribution in [3.8, 4) is 17.2 Å². The highest BCUT2D eigenvalue weighted by Crippen LogP contribution is 2.37. The van der Waals surface area contributed by atoms with Gasteiger partial charge < -0.3 is 29.3 Å². The van der Waals surface area contributed by atoms with Gasteiger partial charge in [-0.05, 0) is 24.3 Å². The molecule has 2 saturated heterocycles. The van der Waals surface area contributed by atoms with Crippen molar-refractivity contribution in [1.29, 1.82) is 0 Å². The Morgan fingerprint density at radius 3 is 2.44 bits per heavy atom. The molecule has 0 radical (unpaired) electrons. The molecule has 32 heavy (non-hydrogen) atoms. The van der Waals surface area contributed by atoms with Crippen LogP contribution in [0.15, 0.2) is 42.5 Å². The molecular weight excluding hydrogens is 414 g/mol. The number of fused-ring (bicyclic) bond motifs is 1. The number of anilines is 1. The maximum Gasteiger partial charge on any atom is 0.257 e. The van der Waals surface area contributed by atoms with E-state index in [0.717, 1.165) is 0 Å². The molecule has 0 aromatic heterocycles. The van der Waals surface area contributed by atoms with Gasteiger partial charge in [0, 0.05) is 50.9 Å². The average Bonchev–Trinajstić information content (AvgIpc) is 3.44. The van der Waals surface area contributed by atoms with Crippen LogP contribution in [0.2, 0.25) is 0 Å². The third-order valence-electron chi connectivity index (χ3n) is 6.16. The van der Waals surface area contributed by atoms with Crippen LogP contribution in [0, 0.1) is 5.92 Å². The number of rotatable bonds is 3. The van der Waals surface area contributed by atoms with E-state index in [1.54, 1.807) is 51.1 Å². The lowest BCUT2D eigenvalue weighted by Crippen LogP contribution is -2.52. The first-order valence-electron chi connectivity index (χ1n) is 10.6. The second-order valence-corrected chi connectivity index (χ2v) is 8.08. The van der Waals surface area contributed by atoms with Gasteiger partial charge in [-0.15, -0.1) is 0 Å². The van der Waals surface area contributed by atoms with Gasteiger partial charge in [0.05, 0.1) is 11.5 Å². The Bertz CT molecular complexity index is 1080. The second kappa shape index (κ2) is 8.07. The van der Waals surface area contributed by atoms with Gasteiger partial charge in [-0.1, -0.05) is 12.1 Å². The Morgan fingerprint density at radius 1 is 0.938 bits per heavy atom. The van der Waals surface area contributed by atoms with Crippen molar-refractivity contribution in [2.24, 2.45) is 5.92 Å². The molecule has 3 aliphatic rings. The van der Waals surface area contributed by atoms with Crippen LogP contribution in [-0.4, -0.2) is 72.1 Å². The van der Waals surface area contributed by atoms with Crippen molar-refractivity contribution in [1.82, 2.24) is 9.80 Å². The molecular formula is C23H23N3O6. The van der Waals surface area contributed by atoms with Crippen molar-refractivity contribution in [3.05, 3.63) is 48.0 Å². The van der Waals surface area contributed by atoms with Crippen LogP contribution in [0.1, 0.15) is 16.8 Å². The Morgan fingerprint density at radius 2 is 1.66 bits per heavy atom. The third kappa shape index (κ3) is 3.59. The molecule has 9 heteroatoms. The third-order valence-corrected chi connectivity index (χ3v) is 6.16. The minimum Gasteiger partial charge on any atom is -0.507 e. The summed E-state index contributed by atoms with van der Waals surface area (Å²) >= 11 is 0. The molecule has 3 aliphatic heterocycles. The Hall–Kier alpha value is -3.75. The highest BCUT2D eigenvalue weighted by molar-refractivity contribution is 6.01. The summed E-state index contributed by atoms with van der Waals surface area (Å²) in [6.45, 7) is 2.03. The average molecular weight is 437 g/mol. The topological polar surface area (TPSA) is 99.6 Å². The molecule has 9 nitrogen and oxygen atoms in total. The first-order valence-corrected chi connectivity index (χ1v) is 10.6. The van der Waals surface area contributed by atoms with E-state index in [-0.39, 0.29) is 42.2 Å². The quantitative estimate of drug-likeness (QED) is 0.781. The molecule has 0 aliphatic carbocycles. The van der Waals surface area contributed by atoms with Gasteiger partial charge in [-0.2, -0.15) is 0 Å². The van der Waals surface area contributed by atoms with E-state index in [9.17, 15) is 19.5 Å². The van der Waals surface area contributed by atoms with E-state index in [2.05, 4.69) is 0 Å². The summed E-state index contributed by atoms with van der Waals surface area (Å²) in [7, 11) is 0. The summed E-state index contributed by atoms with van der Waals surface area (Å²) in [5.41, 5.74) is 0.945. The molecule has 3 amide bonds. The normalized spacial score (nSPS) is 20.1. The van der Waals surface area contributed by atoms with Crippen LogP contribution < -0.4 is 14.4 Å². The number of amides is 3. The number of carbonyl (C=O) groups excluding carboxylic acids is 3. The summed E-state index contributed by atoms with van der Waals surface area (Å²) in [6, 6.07) is 11.8. The lowest BCUT2D eigenvalue weighted by molar-refractivity contribution is -0.137. The zero-order valence-electron chi connectivity index (χ0n) is 17.4. The molecule has 2 aromatic carbocycles. The van der Waals surface area contributed by atoms with Crippen LogP contribution in [0.25, 0.3) is 0 Å². The second-order valence-electron chi connectivity index (χ2n) is 8.08. The molecule has 1 N–H and O–H groups in total. The van der Waals surface area contributed by atoms with Gasteiger partial charge in [0.25, 0.3) is 5.91 Å². The van der Waals surface area contributed by atoms with Crippen molar-refractivity contribution in [2.75, 3.05) is 44.4 Å². The molecule has 0 spiro atoms. The first kappa shape index (κ1) is 20.2. The highest BCUT2D eigenvalue weighted by Gasteiger charge is 2.38. The number of para-hydroxylation sites is 1. The standard InChI is InChI=1S/C23H23N3O6/c27-18-4-2-1-3-17(18)23(30)25-9-7-24(8-10-25)22(29)15-11-21(28)26(13-15)16-5-6-19-20(12-16)32-14-31-19/h1-6,12,15,27H,7-11,13-14H2. The molecule has 166 valence electrons. The van der Waals surface area contributed by atoms with Crippen LogP contribution >= 0.6 is 0 Å². The fourth-order valence-corrected chi connectivity index (χ4v) is 4.39. The van der Waals surface area contributed by atoms with E-state index < -0.39 is 5.92 Å². The number of nitrogens with zero attached hydrogens (tertiary/aromatic N) is 3. The predicted molar refractivity (Wildman–Crippen MR) is 114 cm³/mol. The maximum atomic E-state index is 13.1. The Balaban J connectivity index is 1.20. The van der Waals surface area contributed by atoms with Crippen LogP contribution in [0.4, 0.5) is 5.69 Å². The number of phenolic OH excluding ortho intramolecular Hbond substituents is 1. The molecule has 0 bridgehead atoms. The fourth-order valence-electron chi connectivity index (χ4n) is 4.39. The summed E-state index contributed by atoms with van der Waals surface area (Å²) in [5.74, 6) is 0.337. The smallest absolute Gasteiger partial charge is 0.257 e. The van der Waals surface area contributed by atoms with Gasteiger partial charge in [0.15, 0.2) is 11.5 Å². The van der Waals surface area contributed by atoms with Gasteiger partial charge in [0.2, 0.25) is 18.6 Å². The van der Waals surface area contributed by atoms with Crippen LogP contribution in [-0.2, 0) is 9.59 Å². The molecule has 1 atom stereocenters. The van der Waals surface area contributed by atoms with Crippen molar-refractivity contribution < 1.29 is 29.0 Å². The summed E-state index contributed by atoms with van der Waals surface area (Å²) in [5, 5.41) is 9.93. The maximum absolute atomic E-state index is 13.1. The van der Waals surface area contributed by atoms with Gasteiger partial charge in [-0.25, -0.2) is 0 Å². The van der Waals surface area contributed by atoms with E-state index >= 15 is 0 Å². The monoisotopic (exact) mass is 437 g/mol. The van der Waals surface area contributed by atoms with Crippen LogP contribution in [0.3, 0.4) is 0 Å². The number of hydrogen-bond donors (Lipinski definition) is 1. The van der Waals surface area contributed by atoms with E-state index in [4.69, 9.17) is 9.47 Å². The minimum atomic E-state index is -0.423. The predicted octanol–water partition coefficient (Wildman–Crippen LogP) is 1.46. The summed E-state index contributed by atoms with van der Waals surface area (Å²) in [4.78, 5) is 43.3. The number of carbonyl (C=O) groups is 3.